The summed E-state index contributed by atoms with van der Waals surface area (Å²) in [6, 6.07) is 18.4. The van der Waals surface area contributed by atoms with Crippen molar-refractivity contribution in [3.05, 3.63) is 78.4 Å². The smallest absolute Gasteiger partial charge is 0.122 e. The summed E-state index contributed by atoms with van der Waals surface area (Å²) in [6.45, 7) is 5.03. The summed E-state index contributed by atoms with van der Waals surface area (Å²) in [6.07, 6.45) is 6.38. The maximum atomic E-state index is 4.39. The van der Waals surface area contributed by atoms with E-state index in [9.17, 15) is 0 Å². The van der Waals surface area contributed by atoms with Gasteiger partial charge in [-0.25, -0.2) is 17.1 Å². The zero-order chi connectivity index (χ0) is 15.5. The second-order valence-corrected chi connectivity index (χ2v) is 5.25. The molecule has 0 saturated heterocycles. The number of hydrogen-bond donors (Lipinski definition) is 1. The standard InChI is InChI=1S/C14H20N3.C5H5.Fe/c1-2-3-9-17-10-8-16-14(17)12-15-11-13-6-4-5-7-13;1-2-4-5-3-1;/h4-8,10,15H,2-3,9,11-12H2,1H3;1-5H;/q-5;-1;. The van der Waals surface area contributed by atoms with Crippen LogP contribution in [0.25, 0.3) is 0 Å². The van der Waals surface area contributed by atoms with E-state index >= 15 is 0 Å². The number of aryl methyl sites for hydroxylation is 1. The van der Waals surface area contributed by atoms with Crippen molar-refractivity contribution in [2.75, 3.05) is 0 Å². The van der Waals surface area contributed by atoms with Gasteiger partial charge in [0.1, 0.15) is 5.82 Å². The molecule has 0 aliphatic carbocycles. The van der Waals surface area contributed by atoms with Crippen LogP contribution in [0.1, 0.15) is 31.2 Å². The predicted molar refractivity (Wildman–Crippen MR) is 91.7 cm³/mol. The third kappa shape index (κ3) is 7.47. The molecule has 0 saturated carbocycles. The third-order valence-electron chi connectivity index (χ3n) is 3.45. The Bertz CT molecular complexity index is 565. The molecule has 3 rings (SSSR count). The molecule has 0 radical (unpaired) electrons. The van der Waals surface area contributed by atoms with Crippen molar-refractivity contribution in [2.24, 2.45) is 0 Å². The first-order valence-corrected chi connectivity index (χ1v) is 7.98. The van der Waals surface area contributed by atoms with Crippen LogP contribution in [0.3, 0.4) is 0 Å². The minimum atomic E-state index is 0. The number of aromatic nitrogens is 2. The van der Waals surface area contributed by atoms with Gasteiger partial charge in [-0.2, -0.15) is 24.7 Å². The average molecular weight is 351 g/mol. The maximum absolute atomic E-state index is 4.39. The number of unbranched alkanes of at least 4 members (excludes halogenated alkanes) is 1. The molecule has 3 aromatic rings. The summed E-state index contributed by atoms with van der Waals surface area (Å²) in [5, 5.41) is 3.42. The number of nitrogens with one attached hydrogen (secondary N) is 1. The second-order valence-electron chi connectivity index (χ2n) is 5.25. The molecule has 0 unspecified atom stereocenters. The Hall–Kier alpha value is -1.61. The molecule has 2 aromatic carbocycles. The molecular weight excluding hydrogens is 326 g/mol. The van der Waals surface area contributed by atoms with Crippen LogP contribution in [0.4, 0.5) is 0 Å². The quantitative estimate of drug-likeness (QED) is 0.513. The number of hydrogen-bond acceptors (Lipinski definition) is 2. The molecule has 4 heteroatoms. The van der Waals surface area contributed by atoms with E-state index in [0.29, 0.717) is 0 Å². The minimum absolute atomic E-state index is 0. The molecular formula is C19H25FeN3-6. The summed E-state index contributed by atoms with van der Waals surface area (Å²) >= 11 is 0. The summed E-state index contributed by atoms with van der Waals surface area (Å²) < 4.78 is 2.24. The molecule has 1 aromatic heterocycles. The van der Waals surface area contributed by atoms with E-state index in [2.05, 4.69) is 52.3 Å². The minimum Gasteiger partial charge on any atom is -0.748 e. The van der Waals surface area contributed by atoms with Crippen LogP contribution in [-0.2, 0) is 36.7 Å². The number of rotatable bonds is 7. The van der Waals surface area contributed by atoms with Gasteiger partial charge >= 0.3 is 0 Å². The molecule has 0 bridgehead atoms. The van der Waals surface area contributed by atoms with E-state index in [-0.39, 0.29) is 17.1 Å². The van der Waals surface area contributed by atoms with Crippen molar-refractivity contribution in [1.29, 1.82) is 0 Å². The van der Waals surface area contributed by atoms with Crippen LogP contribution in [0.5, 0.6) is 0 Å². The Labute approximate surface area is 150 Å². The molecule has 3 nitrogen and oxygen atoms in total. The van der Waals surface area contributed by atoms with Gasteiger partial charge in [-0.3, -0.25) is 0 Å². The molecule has 130 valence electrons. The SMILES string of the molecule is CCCCn1ccnc1CNC[c-]1[cH-][cH-][cH-][cH-]1.[Fe].c1cc[cH-]c1. The topological polar surface area (TPSA) is 29.9 Å². The fraction of sp³-hybridized carbons (Fsp3) is 0.316. The van der Waals surface area contributed by atoms with Crippen molar-refractivity contribution in [3.8, 4) is 0 Å². The summed E-state index contributed by atoms with van der Waals surface area (Å²) in [5.41, 5.74) is 1.33. The van der Waals surface area contributed by atoms with Crippen LogP contribution in [0, 0.1) is 0 Å². The van der Waals surface area contributed by atoms with Crippen LogP contribution >= 0.6 is 0 Å². The number of nitrogens with zero attached hydrogens (tertiary/aromatic N) is 2. The van der Waals surface area contributed by atoms with E-state index in [1.54, 1.807) is 0 Å². The van der Waals surface area contributed by atoms with Crippen LogP contribution < -0.4 is 5.32 Å². The maximum Gasteiger partial charge on any atom is 0.122 e. The monoisotopic (exact) mass is 351 g/mol. The molecule has 0 aliphatic heterocycles. The predicted octanol–water partition coefficient (Wildman–Crippen LogP) is 4.09. The molecule has 1 heterocycles. The summed E-state index contributed by atoms with van der Waals surface area (Å²) in [5.74, 6) is 1.13. The van der Waals surface area contributed by atoms with E-state index in [0.717, 1.165) is 25.5 Å². The van der Waals surface area contributed by atoms with Gasteiger partial charge in [0.15, 0.2) is 0 Å². The van der Waals surface area contributed by atoms with Crippen molar-refractivity contribution in [1.82, 2.24) is 14.9 Å². The second kappa shape index (κ2) is 11.9. The normalized spacial score (nSPS) is 9.78. The molecule has 0 amide bonds. The molecule has 0 atom stereocenters. The fourth-order valence-corrected chi connectivity index (χ4v) is 2.21. The molecule has 0 aliphatic rings. The largest absolute Gasteiger partial charge is 0.748 e. The first-order valence-electron chi connectivity index (χ1n) is 7.98. The van der Waals surface area contributed by atoms with Crippen LogP contribution in [0.15, 0.2) is 67.0 Å². The van der Waals surface area contributed by atoms with Gasteiger partial charge in [-0.05, 0) is 6.42 Å². The molecule has 0 spiro atoms. The zero-order valence-electron chi connectivity index (χ0n) is 13.6. The van der Waals surface area contributed by atoms with E-state index in [1.165, 1.54) is 18.4 Å². The van der Waals surface area contributed by atoms with Gasteiger partial charge in [0.05, 0.1) is 6.54 Å². The first-order chi connectivity index (χ1) is 10.9. The molecule has 0 fully saturated rings. The Morgan fingerprint density at radius 2 is 1.96 bits per heavy atom. The Morgan fingerprint density at radius 1 is 1.22 bits per heavy atom. The first kappa shape index (κ1) is 19.4. The summed E-state index contributed by atoms with van der Waals surface area (Å²) in [4.78, 5) is 4.39. The van der Waals surface area contributed by atoms with Crippen LogP contribution in [-0.4, -0.2) is 9.55 Å². The van der Waals surface area contributed by atoms with E-state index < -0.39 is 0 Å². The Kier molecular flexibility index (Phi) is 10.0. The van der Waals surface area contributed by atoms with Gasteiger partial charge in [-0.15, -0.1) is 0 Å². The Morgan fingerprint density at radius 3 is 2.57 bits per heavy atom. The van der Waals surface area contributed by atoms with E-state index in [4.69, 9.17) is 0 Å². The molecule has 23 heavy (non-hydrogen) atoms. The van der Waals surface area contributed by atoms with Gasteiger partial charge in [0, 0.05) is 36.0 Å². The zero-order valence-corrected chi connectivity index (χ0v) is 14.7. The average Bonchev–Trinajstić information content (AvgIpc) is 3.29. The fourth-order valence-electron chi connectivity index (χ4n) is 2.21. The van der Waals surface area contributed by atoms with Gasteiger partial charge in [-0.1, -0.05) is 13.3 Å². The van der Waals surface area contributed by atoms with Crippen molar-refractivity contribution < 1.29 is 17.1 Å². The van der Waals surface area contributed by atoms with Crippen LogP contribution in [0.2, 0.25) is 0 Å². The molecule has 1 N–H and O–H groups in total. The third-order valence-corrected chi connectivity index (χ3v) is 3.45. The van der Waals surface area contributed by atoms with Gasteiger partial charge in [0.2, 0.25) is 0 Å². The summed E-state index contributed by atoms with van der Waals surface area (Å²) in [7, 11) is 0. The van der Waals surface area contributed by atoms with Gasteiger partial charge < -0.3 is 39.7 Å². The van der Waals surface area contributed by atoms with Gasteiger partial charge in [0.25, 0.3) is 0 Å². The van der Waals surface area contributed by atoms with Crippen molar-refractivity contribution in [3.63, 3.8) is 0 Å². The van der Waals surface area contributed by atoms with Crippen molar-refractivity contribution in [2.45, 2.75) is 39.4 Å². The van der Waals surface area contributed by atoms with Crippen molar-refractivity contribution >= 4 is 0 Å². The number of imidazole rings is 1. The van der Waals surface area contributed by atoms with E-state index in [1.807, 2.05) is 36.5 Å². The Balaban J connectivity index is 0.000000377.